The van der Waals surface area contributed by atoms with Crippen molar-refractivity contribution in [2.45, 2.75) is 43.9 Å². The number of aromatic nitrogens is 4. The van der Waals surface area contributed by atoms with E-state index in [0.717, 1.165) is 37.7 Å². The fourth-order valence-electron chi connectivity index (χ4n) is 2.75. The quantitative estimate of drug-likeness (QED) is 0.892. The molecule has 0 aliphatic heterocycles. The zero-order chi connectivity index (χ0) is 17.0. The highest BCUT2D eigenvalue weighted by Gasteiger charge is 2.34. The van der Waals surface area contributed by atoms with Gasteiger partial charge in [-0.3, -0.25) is 0 Å². The van der Waals surface area contributed by atoms with Crippen LogP contribution in [0.25, 0.3) is 0 Å². The normalized spacial score (nSPS) is 21.3. The van der Waals surface area contributed by atoms with Crippen molar-refractivity contribution in [1.29, 1.82) is 0 Å². The van der Waals surface area contributed by atoms with Crippen LogP contribution >= 0.6 is 0 Å². The molecule has 0 radical (unpaired) electrons. The Morgan fingerprint density at radius 2 is 1.50 bits per heavy atom. The smallest absolute Gasteiger partial charge is 0.367 e. The van der Waals surface area contributed by atoms with E-state index in [1.807, 2.05) is 6.07 Å². The summed E-state index contributed by atoms with van der Waals surface area (Å²) < 4.78 is 37.9. The first-order valence-electron chi connectivity index (χ1n) is 7.70. The van der Waals surface area contributed by atoms with Gasteiger partial charge in [-0.15, -0.1) is 0 Å². The third-order valence-corrected chi connectivity index (χ3v) is 3.92. The van der Waals surface area contributed by atoms with Crippen molar-refractivity contribution in [2.24, 2.45) is 0 Å². The first kappa shape index (κ1) is 16.4. The van der Waals surface area contributed by atoms with Crippen molar-refractivity contribution < 1.29 is 13.2 Å². The van der Waals surface area contributed by atoms with Crippen LogP contribution in [0.3, 0.4) is 0 Å². The molecule has 0 atom stereocenters. The Bertz CT molecular complexity index is 656. The van der Waals surface area contributed by atoms with Gasteiger partial charge in [-0.2, -0.15) is 13.2 Å². The molecule has 2 N–H and O–H groups in total. The SMILES string of the molecule is FC(F)(F)c1nccc(NC2CCC(Nc3ccncn3)CC2)n1. The van der Waals surface area contributed by atoms with Crippen molar-refractivity contribution in [3.63, 3.8) is 0 Å². The summed E-state index contributed by atoms with van der Waals surface area (Å²) in [5.74, 6) is -0.122. The highest BCUT2D eigenvalue weighted by Crippen LogP contribution is 2.27. The van der Waals surface area contributed by atoms with Crippen LogP contribution in [-0.2, 0) is 6.18 Å². The number of nitrogens with one attached hydrogen (secondary N) is 2. The minimum absolute atomic E-state index is 0.101. The summed E-state index contributed by atoms with van der Waals surface area (Å²) in [4.78, 5) is 14.8. The van der Waals surface area contributed by atoms with Gasteiger partial charge in [0.15, 0.2) is 0 Å². The summed E-state index contributed by atoms with van der Waals surface area (Å²) in [6.45, 7) is 0. The van der Waals surface area contributed by atoms with E-state index < -0.39 is 12.0 Å². The summed E-state index contributed by atoms with van der Waals surface area (Å²) in [6.07, 6.45) is 3.25. The lowest BCUT2D eigenvalue weighted by Gasteiger charge is -2.30. The standard InChI is InChI=1S/C15H17F3N6/c16-15(17,18)14-20-8-6-13(24-14)23-11-3-1-10(2-4-11)22-12-5-7-19-9-21-12/h5-11H,1-4H2,(H,19,21,22)(H,20,23,24). The Morgan fingerprint density at radius 1 is 0.875 bits per heavy atom. The second-order valence-electron chi connectivity index (χ2n) is 5.70. The maximum absolute atomic E-state index is 12.6. The number of rotatable bonds is 4. The lowest BCUT2D eigenvalue weighted by molar-refractivity contribution is -0.144. The van der Waals surface area contributed by atoms with Gasteiger partial charge in [0, 0.05) is 24.5 Å². The van der Waals surface area contributed by atoms with Crippen molar-refractivity contribution in [3.8, 4) is 0 Å². The van der Waals surface area contributed by atoms with Crippen LogP contribution in [0.1, 0.15) is 31.5 Å². The molecule has 0 unspecified atom stereocenters. The predicted octanol–water partition coefficient (Wildman–Crippen LogP) is 3.12. The molecule has 0 saturated heterocycles. The molecular formula is C15H17F3N6. The highest BCUT2D eigenvalue weighted by atomic mass is 19.4. The summed E-state index contributed by atoms with van der Waals surface area (Å²) in [5.41, 5.74) is 0. The second-order valence-corrected chi connectivity index (χ2v) is 5.70. The van der Waals surface area contributed by atoms with Gasteiger partial charge in [0.1, 0.15) is 18.0 Å². The zero-order valence-corrected chi connectivity index (χ0v) is 12.8. The average Bonchev–Trinajstić information content (AvgIpc) is 2.57. The monoisotopic (exact) mass is 338 g/mol. The maximum atomic E-state index is 12.6. The molecule has 1 aliphatic rings. The molecule has 1 saturated carbocycles. The van der Waals surface area contributed by atoms with E-state index in [1.54, 1.807) is 6.20 Å². The molecule has 0 aromatic carbocycles. The van der Waals surface area contributed by atoms with Gasteiger partial charge in [-0.25, -0.2) is 19.9 Å². The molecule has 128 valence electrons. The van der Waals surface area contributed by atoms with Crippen LogP contribution in [0.4, 0.5) is 24.8 Å². The van der Waals surface area contributed by atoms with E-state index in [0.29, 0.717) is 6.04 Å². The Labute approximate surface area is 137 Å². The number of halogens is 3. The number of anilines is 2. The number of hydrogen-bond acceptors (Lipinski definition) is 6. The Morgan fingerprint density at radius 3 is 2.08 bits per heavy atom. The van der Waals surface area contributed by atoms with Gasteiger partial charge in [-0.05, 0) is 37.8 Å². The molecule has 1 fully saturated rings. The number of nitrogens with zero attached hydrogens (tertiary/aromatic N) is 4. The van der Waals surface area contributed by atoms with E-state index in [2.05, 4.69) is 30.6 Å². The van der Waals surface area contributed by atoms with E-state index in [1.165, 1.54) is 12.4 Å². The summed E-state index contributed by atoms with van der Waals surface area (Å²) >= 11 is 0. The fourth-order valence-corrected chi connectivity index (χ4v) is 2.75. The average molecular weight is 338 g/mol. The minimum atomic E-state index is -4.53. The van der Waals surface area contributed by atoms with Gasteiger partial charge in [-0.1, -0.05) is 0 Å². The van der Waals surface area contributed by atoms with Gasteiger partial charge in [0.2, 0.25) is 5.82 Å². The molecule has 0 amide bonds. The van der Waals surface area contributed by atoms with E-state index in [-0.39, 0.29) is 11.9 Å². The summed E-state index contributed by atoms with van der Waals surface area (Å²) in [6, 6.07) is 3.67. The zero-order valence-electron chi connectivity index (χ0n) is 12.8. The lowest BCUT2D eigenvalue weighted by atomic mass is 9.91. The fraction of sp³-hybridized carbons (Fsp3) is 0.467. The first-order valence-corrected chi connectivity index (χ1v) is 7.70. The number of hydrogen-bond donors (Lipinski definition) is 2. The Kier molecular flexibility index (Phi) is 4.77. The second kappa shape index (κ2) is 6.98. The van der Waals surface area contributed by atoms with Crippen LogP contribution in [0, 0.1) is 0 Å². The van der Waals surface area contributed by atoms with Gasteiger partial charge < -0.3 is 10.6 Å². The van der Waals surface area contributed by atoms with Crippen LogP contribution in [0.15, 0.2) is 30.9 Å². The molecule has 0 spiro atoms. The van der Waals surface area contributed by atoms with Crippen LogP contribution in [0.5, 0.6) is 0 Å². The molecule has 2 aromatic rings. The highest BCUT2D eigenvalue weighted by molar-refractivity contribution is 5.36. The van der Waals surface area contributed by atoms with Crippen LogP contribution in [0.2, 0.25) is 0 Å². The summed E-state index contributed by atoms with van der Waals surface area (Å²) in [7, 11) is 0. The molecule has 2 aromatic heterocycles. The van der Waals surface area contributed by atoms with Gasteiger partial charge >= 0.3 is 6.18 Å². The molecule has 9 heteroatoms. The molecule has 1 aliphatic carbocycles. The minimum Gasteiger partial charge on any atom is -0.367 e. The lowest BCUT2D eigenvalue weighted by Crippen LogP contribution is -2.33. The third-order valence-electron chi connectivity index (χ3n) is 3.92. The molecule has 3 rings (SSSR count). The maximum Gasteiger partial charge on any atom is 0.451 e. The van der Waals surface area contributed by atoms with Crippen LogP contribution < -0.4 is 10.6 Å². The van der Waals surface area contributed by atoms with E-state index in [9.17, 15) is 13.2 Å². The third kappa shape index (κ3) is 4.30. The van der Waals surface area contributed by atoms with Crippen molar-refractivity contribution in [3.05, 3.63) is 36.7 Å². The van der Waals surface area contributed by atoms with Crippen molar-refractivity contribution in [1.82, 2.24) is 19.9 Å². The molecule has 2 heterocycles. The first-order chi connectivity index (χ1) is 11.5. The topological polar surface area (TPSA) is 75.6 Å². The molecule has 6 nitrogen and oxygen atoms in total. The summed E-state index contributed by atoms with van der Waals surface area (Å²) in [5, 5.41) is 6.41. The molecule has 24 heavy (non-hydrogen) atoms. The largest absolute Gasteiger partial charge is 0.451 e. The predicted molar refractivity (Wildman–Crippen MR) is 82.4 cm³/mol. The number of alkyl halides is 3. The molecular weight excluding hydrogens is 321 g/mol. The van der Waals surface area contributed by atoms with Crippen molar-refractivity contribution >= 4 is 11.6 Å². The van der Waals surface area contributed by atoms with E-state index in [4.69, 9.17) is 0 Å². The van der Waals surface area contributed by atoms with Gasteiger partial charge in [0.05, 0.1) is 0 Å². The van der Waals surface area contributed by atoms with Crippen LogP contribution in [-0.4, -0.2) is 32.0 Å². The Balaban J connectivity index is 1.52. The van der Waals surface area contributed by atoms with Gasteiger partial charge in [0.25, 0.3) is 0 Å². The Hall–Kier alpha value is -2.45. The molecule has 0 bridgehead atoms. The van der Waals surface area contributed by atoms with Crippen molar-refractivity contribution in [2.75, 3.05) is 10.6 Å². The van der Waals surface area contributed by atoms with E-state index >= 15 is 0 Å².